The lowest BCUT2D eigenvalue weighted by molar-refractivity contribution is 0.0247. The zero-order valence-corrected chi connectivity index (χ0v) is 15.5. The van der Waals surface area contributed by atoms with Crippen molar-refractivity contribution in [3.63, 3.8) is 0 Å². The molecule has 2 N–H and O–H groups in total. The number of hydrogen-bond donors (Lipinski definition) is 2. The van der Waals surface area contributed by atoms with Crippen LogP contribution in [0.15, 0.2) is 0 Å². The maximum atomic E-state index is 12.2. The molecule has 1 aliphatic rings. The average molecular weight is 328 g/mol. The van der Waals surface area contributed by atoms with E-state index in [0.29, 0.717) is 13.1 Å². The standard InChI is InChI=1S/C18H36N2O3/c1-5-12-20(16(22)23-17(2,3)4)13-11-19-14-18(15-21)9-7-6-8-10-18/h19,21H,5-15H2,1-4H3. The summed E-state index contributed by atoms with van der Waals surface area (Å²) < 4.78 is 5.46. The predicted molar refractivity (Wildman–Crippen MR) is 93.6 cm³/mol. The van der Waals surface area contributed by atoms with E-state index >= 15 is 0 Å². The predicted octanol–water partition coefficient (Wildman–Crippen LogP) is 3.17. The smallest absolute Gasteiger partial charge is 0.410 e. The Morgan fingerprint density at radius 3 is 2.39 bits per heavy atom. The van der Waals surface area contributed by atoms with Crippen LogP contribution in [0.2, 0.25) is 0 Å². The van der Waals surface area contributed by atoms with Crippen molar-refractivity contribution in [2.75, 3.05) is 32.8 Å². The van der Waals surface area contributed by atoms with Crippen LogP contribution < -0.4 is 5.32 Å². The van der Waals surface area contributed by atoms with Gasteiger partial charge in [-0.1, -0.05) is 26.2 Å². The van der Waals surface area contributed by atoms with E-state index in [1.54, 1.807) is 4.90 Å². The quantitative estimate of drug-likeness (QED) is 0.672. The van der Waals surface area contributed by atoms with Crippen LogP contribution in [0.4, 0.5) is 4.79 Å². The van der Waals surface area contributed by atoms with Gasteiger partial charge in [0.1, 0.15) is 5.60 Å². The van der Waals surface area contributed by atoms with Crippen LogP contribution in [-0.2, 0) is 4.74 Å². The molecule has 5 nitrogen and oxygen atoms in total. The van der Waals surface area contributed by atoms with Crippen LogP contribution in [0.3, 0.4) is 0 Å². The van der Waals surface area contributed by atoms with Gasteiger partial charge < -0.3 is 20.1 Å². The molecular weight excluding hydrogens is 292 g/mol. The Hall–Kier alpha value is -0.810. The first-order valence-corrected chi connectivity index (χ1v) is 9.11. The van der Waals surface area contributed by atoms with Gasteiger partial charge in [-0.25, -0.2) is 4.79 Å². The molecule has 0 aromatic carbocycles. The highest BCUT2D eigenvalue weighted by Gasteiger charge is 2.31. The van der Waals surface area contributed by atoms with Crippen LogP contribution in [-0.4, -0.2) is 54.5 Å². The fourth-order valence-electron chi connectivity index (χ4n) is 3.15. The summed E-state index contributed by atoms with van der Waals surface area (Å²) in [6.45, 7) is 10.9. The molecule has 0 unspecified atom stereocenters. The number of aliphatic hydroxyl groups excluding tert-OH is 1. The highest BCUT2D eigenvalue weighted by atomic mass is 16.6. The Morgan fingerprint density at radius 1 is 1.22 bits per heavy atom. The number of nitrogens with one attached hydrogen (secondary N) is 1. The van der Waals surface area contributed by atoms with Crippen LogP contribution in [0.25, 0.3) is 0 Å². The first-order valence-electron chi connectivity index (χ1n) is 9.11. The van der Waals surface area contributed by atoms with E-state index in [0.717, 1.165) is 32.4 Å². The van der Waals surface area contributed by atoms with E-state index in [9.17, 15) is 9.90 Å². The minimum Gasteiger partial charge on any atom is -0.444 e. The fraction of sp³-hybridized carbons (Fsp3) is 0.944. The van der Waals surface area contributed by atoms with E-state index in [1.807, 2.05) is 20.8 Å². The van der Waals surface area contributed by atoms with E-state index in [4.69, 9.17) is 4.74 Å². The normalized spacial score (nSPS) is 17.8. The van der Waals surface area contributed by atoms with Gasteiger partial charge >= 0.3 is 6.09 Å². The van der Waals surface area contributed by atoms with Gasteiger partial charge in [-0.05, 0) is 40.0 Å². The van der Waals surface area contributed by atoms with Crippen molar-refractivity contribution in [2.45, 2.75) is 71.8 Å². The molecule has 5 heteroatoms. The summed E-state index contributed by atoms with van der Waals surface area (Å²) in [5.41, 5.74) is -0.417. The lowest BCUT2D eigenvalue weighted by Crippen LogP contribution is -2.44. The third kappa shape index (κ3) is 7.53. The summed E-state index contributed by atoms with van der Waals surface area (Å²) in [5, 5.41) is 13.2. The molecule has 0 spiro atoms. The van der Waals surface area contributed by atoms with E-state index in [-0.39, 0.29) is 18.1 Å². The van der Waals surface area contributed by atoms with E-state index < -0.39 is 5.60 Å². The first kappa shape index (κ1) is 20.2. The van der Waals surface area contributed by atoms with Gasteiger partial charge in [0, 0.05) is 38.2 Å². The summed E-state index contributed by atoms with van der Waals surface area (Å²) in [6.07, 6.45) is 6.58. The molecule has 136 valence electrons. The number of rotatable bonds is 8. The van der Waals surface area contributed by atoms with Crippen molar-refractivity contribution < 1.29 is 14.6 Å². The Morgan fingerprint density at radius 2 is 1.87 bits per heavy atom. The Bertz CT molecular complexity index is 347. The maximum absolute atomic E-state index is 12.2. The molecule has 0 aliphatic heterocycles. The molecule has 1 saturated carbocycles. The molecule has 0 heterocycles. The van der Waals surface area contributed by atoms with Gasteiger partial charge in [0.15, 0.2) is 0 Å². The molecule has 0 radical (unpaired) electrons. The lowest BCUT2D eigenvalue weighted by Gasteiger charge is -2.36. The molecule has 0 saturated heterocycles. The molecule has 0 aromatic heterocycles. The maximum Gasteiger partial charge on any atom is 0.410 e. The molecule has 0 bridgehead atoms. The second kappa shape index (κ2) is 9.48. The van der Waals surface area contributed by atoms with Crippen LogP contribution >= 0.6 is 0 Å². The summed E-state index contributed by atoms with van der Waals surface area (Å²) in [6, 6.07) is 0. The first-order chi connectivity index (χ1) is 10.8. The van der Waals surface area contributed by atoms with Gasteiger partial charge in [0.25, 0.3) is 0 Å². The number of carbonyl (C=O) groups is 1. The number of aliphatic hydroxyl groups is 1. The third-order valence-electron chi connectivity index (χ3n) is 4.45. The Balaban J connectivity index is 2.38. The van der Waals surface area contributed by atoms with Crippen molar-refractivity contribution in [1.82, 2.24) is 10.2 Å². The van der Waals surface area contributed by atoms with Crippen molar-refractivity contribution >= 4 is 6.09 Å². The Kier molecular flexibility index (Phi) is 8.34. The van der Waals surface area contributed by atoms with E-state index in [2.05, 4.69) is 12.2 Å². The topological polar surface area (TPSA) is 61.8 Å². The third-order valence-corrected chi connectivity index (χ3v) is 4.45. The monoisotopic (exact) mass is 328 g/mol. The van der Waals surface area contributed by atoms with Gasteiger partial charge in [-0.3, -0.25) is 0 Å². The number of amides is 1. The zero-order valence-electron chi connectivity index (χ0n) is 15.5. The molecule has 1 amide bonds. The van der Waals surface area contributed by atoms with Gasteiger partial charge in [-0.15, -0.1) is 0 Å². The number of carbonyl (C=O) groups excluding carboxylic acids is 1. The number of ether oxygens (including phenoxy) is 1. The van der Waals surface area contributed by atoms with Crippen molar-refractivity contribution in [3.8, 4) is 0 Å². The number of hydrogen-bond acceptors (Lipinski definition) is 4. The van der Waals surface area contributed by atoms with Crippen LogP contribution in [0, 0.1) is 5.41 Å². The SMILES string of the molecule is CCCN(CCNCC1(CO)CCCCC1)C(=O)OC(C)(C)C. The van der Waals surface area contributed by atoms with E-state index in [1.165, 1.54) is 19.3 Å². The van der Waals surface area contributed by atoms with Crippen molar-refractivity contribution in [3.05, 3.63) is 0 Å². The molecule has 1 rings (SSSR count). The fourth-order valence-corrected chi connectivity index (χ4v) is 3.15. The summed E-state index contributed by atoms with van der Waals surface area (Å²) >= 11 is 0. The summed E-state index contributed by atoms with van der Waals surface area (Å²) in [5.74, 6) is 0. The lowest BCUT2D eigenvalue weighted by atomic mass is 9.74. The second-order valence-electron chi connectivity index (χ2n) is 7.86. The highest BCUT2D eigenvalue weighted by molar-refractivity contribution is 5.68. The summed E-state index contributed by atoms with van der Waals surface area (Å²) in [7, 11) is 0. The largest absolute Gasteiger partial charge is 0.444 e. The number of nitrogens with zero attached hydrogens (tertiary/aromatic N) is 1. The van der Waals surface area contributed by atoms with Crippen molar-refractivity contribution in [1.29, 1.82) is 0 Å². The summed E-state index contributed by atoms with van der Waals surface area (Å²) in [4.78, 5) is 14.0. The zero-order chi connectivity index (χ0) is 17.3. The molecule has 0 atom stereocenters. The van der Waals surface area contributed by atoms with Gasteiger partial charge in [-0.2, -0.15) is 0 Å². The molecule has 1 fully saturated rings. The molecule has 0 aromatic rings. The van der Waals surface area contributed by atoms with Gasteiger partial charge in [0.2, 0.25) is 0 Å². The minimum atomic E-state index is -0.459. The van der Waals surface area contributed by atoms with Gasteiger partial charge in [0.05, 0.1) is 0 Å². The van der Waals surface area contributed by atoms with Crippen molar-refractivity contribution in [2.24, 2.45) is 5.41 Å². The average Bonchev–Trinajstić information content (AvgIpc) is 2.49. The second-order valence-corrected chi connectivity index (χ2v) is 7.86. The molecular formula is C18H36N2O3. The molecule has 23 heavy (non-hydrogen) atoms. The highest BCUT2D eigenvalue weighted by Crippen LogP contribution is 2.35. The van der Waals surface area contributed by atoms with Crippen LogP contribution in [0.1, 0.15) is 66.2 Å². The molecule has 1 aliphatic carbocycles. The Labute approximate surface area is 141 Å². The van der Waals surface area contributed by atoms with Crippen LogP contribution in [0.5, 0.6) is 0 Å². The minimum absolute atomic E-state index is 0.0414.